The molecule has 178 valence electrons. The second kappa shape index (κ2) is 9.05. The highest BCUT2D eigenvalue weighted by Gasteiger charge is 2.45. The maximum absolute atomic E-state index is 13.1. The molecule has 0 aromatic carbocycles. The molecule has 0 bridgehead atoms. The van der Waals surface area contributed by atoms with Crippen molar-refractivity contribution >= 4 is 22.8 Å². The number of rotatable bonds is 7. The molecule has 1 amide bonds. The summed E-state index contributed by atoms with van der Waals surface area (Å²) >= 11 is 0. The van der Waals surface area contributed by atoms with Gasteiger partial charge in [0.15, 0.2) is 6.23 Å². The summed E-state index contributed by atoms with van der Waals surface area (Å²) in [6.45, 7) is 12.4. The predicted octanol–water partition coefficient (Wildman–Crippen LogP) is 3.06. The van der Waals surface area contributed by atoms with E-state index in [9.17, 15) is 9.90 Å². The molecule has 2 aromatic rings. The van der Waals surface area contributed by atoms with Crippen LogP contribution in [0.5, 0.6) is 0 Å². The molecule has 4 atom stereocenters. The highest BCUT2D eigenvalue weighted by molar-refractivity contribution is 6.02. The summed E-state index contributed by atoms with van der Waals surface area (Å²) in [7, 11) is 3.10. The third kappa shape index (κ3) is 4.80. The van der Waals surface area contributed by atoms with Gasteiger partial charge in [0.2, 0.25) is 5.91 Å². The first-order chi connectivity index (χ1) is 14.9. The van der Waals surface area contributed by atoms with E-state index in [0.29, 0.717) is 11.5 Å². The number of carbonyl (C=O) groups excluding carboxylic acids is 1. The largest absolute Gasteiger partial charge is 0.387 e. The summed E-state index contributed by atoms with van der Waals surface area (Å²) < 4.78 is 18.6. The normalized spacial score (nSPS) is 24.3. The second-order valence-corrected chi connectivity index (χ2v) is 10.4. The molecular formula is C23H36N4O5. The molecule has 0 radical (unpaired) electrons. The number of aliphatic hydroxyl groups is 1. The second-order valence-electron chi connectivity index (χ2n) is 10.4. The minimum atomic E-state index is -0.845. The maximum atomic E-state index is 13.1. The van der Waals surface area contributed by atoms with Crippen molar-refractivity contribution < 1.29 is 24.1 Å². The molecular weight excluding hydrogens is 412 g/mol. The minimum Gasteiger partial charge on any atom is -0.387 e. The third-order valence-electron chi connectivity index (χ3n) is 5.81. The number of ether oxygens (including phenoxy) is 3. The molecule has 0 aliphatic carbocycles. The quantitative estimate of drug-likeness (QED) is 0.670. The summed E-state index contributed by atoms with van der Waals surface area (Å²) in [5, 5.41) is 14.4. The predicted molar refractivity (Wildman–Crippen MR) is 121 cm³/mol. The van der Waals surface area contributed by atoms with Gasteiger partial charge in [-0.05, 0) is 24.3 Å². The van der Waals surface area contributed by atoms with Crippen molar-refractivity contribution in [3.8, 4) is 0 Å². The SMILES string of the molecule is COC[C@H]1O[C@@H](n2cc(C)c3c(NC(=O)C(C)(C)CC(C)(C)C)ncnc32)[C@@H](OC)C1O. The number of nitrogens with zero attached hydrogens (tertiary/aromatic N) is 3. The van der Waals surface area contributed by atoms with E-state index in [1.54, 1.807) is 7.11 Å². The van der Waals surface area contributed by atoms with Crippen molar-refractivity contribution in [3.63, 3.8) is 0 Å². The Kier molecular flexibility index (Phi) is 6.95. The molecule has 0 spiro atoms. The number of methoxy groups -OCH3 is 2. The van der Waals surface area contributed by atoms with Gasteiger partial charge in [0, 0.05) is 25.8 Å². The molecule has 2 N–H and O–H groups in total. The van der Waals surface area contributed by atoms with Gasteiger partial charge in [-0.15, -0.1) is 0 Å². The zero-order valence-corrected chi connectivity index (χ0v) is 20.3. The fourth-order valence-electron chi connectivity index (χ4n) is 4.74. The van der Waals surface area contributed by atoms with Crippen LogP contribution in [0, 0.1) is 17.8 Å². The van der Waals surface area contributed by atoms with Crippen LogP contribution in [0.25, 0.3) is 11.0 Å². The van der Waals surface area contributed by atoms with Crippen LogP contribution in [0.15, 0.2) is 12.5 Å². The number of amides is 1. The van der Waals surface area contributed by atoms with Gasteiger partial charge >= 0.3 is 0 Å². The van der Waals surface area contributed by atoms with E-state index in [0.717, 1.165) is 17.4 Å². The highest BCUT2D eigenvalue weighted by Crippen LogP contribution is 2.38. The zero-order chi connectivity index (χ0) is 23.8. The Hall–Kier alpha value is -2.07. The summed E-state index contributed by atoms with van der Waals surface area (Å²) in [4.78, 5) is 21.9. The van der Waals surface area contributed by atoms with Crippen LogP contribution < -0.4 is 5.32 Å². The number of hydrogen-bond donors (Lipinski definition) is 2. The number of fused-ring (bicyclic) bond motifs is 1. The van der Waals surface area contributed by atoms with Gasteiger partial charge in [0.25, 0.3) is 0 Å². The summed E-state index contributed by atoms with van der Waals surface area (Å²) in [6.07, 6.45) is 1.47. The smallest absolute Gasteiger partial charge is 0.231 e. The molecule has 1 aliphatic heterocycles. The van der Waals surface area contributed by atoms with E-state index >= 15 is 0 Å². The summed E-state index contributed by atoms with van der Waals surface area (Å²) in [6, 6.07) is 0. The van der Waals surface area contributed by atoms with Crippen molar-refractivity contribution in [2.24, 2.45) is 10.8 Å². The Morgan fingerprint density at radius 3 is 2.53 bits per heavy atom. The third-order valence-corrected chi connectivity index (χ3v) is 5.81. The highest BCUT2D eigenvalue weighted by atomic mass is 16.6. The van der Waals surface area contributed by atoms with Gasteiger partial charge in [0.1, 0.15) is 36.1 Å². The van der Waals surface area contributed by atoms with E-state index < -0.39 is 30.0 Å². The number of anilines is 1. The van der Waals surface area contributed by atoms with Crippen LogP contribution in [0.1, 0.15) is 52.8 Å². The molecule has 32 heavy (non-hydrogen) atoms. The topological polar surface area (TPSA) is 108 Å². The Morgan fingerprint density at radius 1 is 1.25 bits per heavy atom. The average Bonchev–Trinajstić information content (AvgIpc) is 3.18. The van der Waals surface area contributed by atoms with Crippen molar-refractivity contribution in [3.05, 3.63) is 18.1 Å². The lowest BCUT2D eigenvalue weighted by atomic mass is 9.76. The molecule has 0 saturated carbocycles. The lowest BCUT2D eigenvalue weighted by Crippen LogP contribution is -2.35. The first kappa shape index (κ1) is 24.6. The Morgan fingerprint density at radius 2 is 1.94 bits per heavy atom. The van der Waals surface area contributed by atoms with Crippen LogP contribution in [-0.2, 0) is 19.0 Å². The molecule has 3 heterocycles. The average molecular weight is 449 g/mol. The van der Waals surface area contributed by atoms with Crippen molar-refractivity contribution in [1.82, 2.24) is 14.5 Å². The van der Waals surface area contributed by atoms with E-state index in [-0.39, 0.29) is 17.9 Å². The van der Waals surface area contributed by atoms with E-state index in [2.05, 4.69) is 36.1 Å². The minimum absolute atomic E-state index is 0.00956. The fraction of sp³-hybridized carbons (Fsp3) is 0.696. The first-order valence-electron chi connectivity index (χ1n) is 10.9. The number of carbonyl (C=O) groups is 1. The molecule has 9 heteroatoms. The van der Waals surface area contributed by atoms with Gasteiger partial charge < -0.3 is 29.2 Å². The van der Waals surface area contributed by atoms with Gasteiger partial charge in [-0.25, -0.2) is 9.97 Å². The fourth-order valence-corrected chi connectivity index (χ4v) is 4.74. The number of aryl methyl sites for hydroxylation is 1. The van der Waals surface area contributed by atoms with Gasteiger partial charge in [-0.2, -0.15) is 0 Å². The van der Waals surface area contributed by atoms with Crippen LogP contribution in [0.2, 0.25) is 0 Å². The van der Waals surface area contributed by atoms with Crippen LogP contribution >= 0.6 is 0 Å². The van der Waals surface area contributed by atoms with E-state index in [1.807, 2.05) is 31.5 Å². The van der Waals surface area contributed by atoms with Crippen LogP contribution in [0.4, 0.5) is 5.82 Å². The first-order valence-corrected chi connectivity index (χ1v) is 10.9. The summed E-state index contributed by atoms with van der Waals surface area (Å²) in [5.41, 5.74) is 0.917. The maximum Gasteiger partial charge on any atom is 0.231 e. The molecule has 3 rings (SSSR count). The Balaban J connectivity index is 1.96. The summed E-state index contributed by atoms with van der Waals surface area (Å²) in [5.74, 6) is 0.362. The number of aliphatic hydroxyl groups excluding tert-OH is 1. The van der Waals surface area contributed by atoms with Crippen molar-refractivity contribution in [1.29, 1.82) is 0 Å². The molecule has 1 saturated heterocycles. The van der Waals surface area contributed by atoms with Crippen molar-refractivity contribution in [2.75, 3.05) is 26.1 Å². The van der Waals surface area contributed by atoms with Crippen LogP contribution in [0.3, 0.4) is 0 Å². The number of hydrogen-bond acceptors (Lipinski definition) is 7. The standard InChI is InChI=1S/C23H36N4O5/c1-13-9-27(20-17(31-8)16(28)14(32-20)10-30-7)19-15(13)18(24-12-25-19)26-21(29)23(5,6)11-22(2,3)4/h9,12,14,16-17,20,28H,10-11H2,1-8H3,(H,24,25,26,29)/t14-,16?,17+,20-/m1/s1. The van der Waals surface area contributed by atoms with E-state index in [4.69, 9.17) is 14.2 Å². The number of aromatic nitrogens is 3. The molecule has 1 aliphatic rings. The van der Waals surface area contributed by atoms with Crippen LogP contribution in [-0.4, -0.2) is 64.7 Å². The zero-order valence-electron chi connectivity index (χ0n) is 20.3. The molecule has 9 nitrogen and oxygen atoms in total. The Bertz CT molecular complexity index is 965. The lowest BCUT2D eigenvalue weighted by molar-refractivity contribution is -0.125. The van der Waals surface area contributed by atoms with Crippen molar-refractivity contribution in [2.45, 2.75) is 72.5 Å². The Labute approximate surface area is 189 Å². The monoisotopic (exact) mass is 448 g/mol. The van der Waals surface area contributed by atoms with E-state index in [1.165, 1.54) is 13.4 Å². The number of nitrogens with one attached hydrogen (secondary N) is 1. The molecule has 2 aromatic heterocycles. The van der Waals surface area contributed by atoms with Gasteiger partial charge in [-0.3, -0.25) is 4.79 Å². The lowest BCUT2D eigenvalue weighted by Gasteiger charge is -2.31. The van der Waals surface area contributed by atoms with Gasteiger partial charge in [-0.1, -0.05) is 34.6 Å². The van der Waals surface area contributed by atoms with Gasteiger partial charge in [0.05, 0.1) is 12.0 Å². The molecule has 1 fully saturated rings. The molecule has 1 unspecified atom stereocenters.